The molecule has 0 unspecified atom stereocenters. The molecule has 0 saturated heterocycles. The molecule has 0 saturated carbocycles. The van der Waals surface area contributed by atoms with E-state index in [0.717, 1.165) is 0 Å². The summed E-state index contributed by atoms with van der Waals surface area (Å²) in [7, 11) is 0. The molecule has 71 valence electrons. The first-order valence-corrected chi connectivity index (χ1v) is 3.91. The van der Waals surface area contributed by atoms with Gasteiger partial charge >= 0.3 is 23.2 Å². The van der Waals surface area contributed by atoms with E-state index in [9.17, 15) is 7.05 Å². The van der Waals surface area contributed by atoms with Crippen LogP contribution >= 0.6 is 0 Å². The summed E-state index contributed by atoms with van der Waals surface area (Å²) in [5.74, 6) is 0. The SMILES string of the molecule is NCCN.NCCN.[F][Cr+][F]. The van der Waals surface area contributed by atoms with E-state index in [1.165, 1.54) is 0 Å². The molecule has 0 aromatic rings. The fraction of sp³-hybridized carbons (Fsp3) is 1.00. The summed E-state index contributed by atoms with van der Waals surface area (Å²) in [6.07, 6.45) is 0. The maximum atomic E-state index is 9.69. The van der Waals surface area contributed by atoms with Gasteiger partial charge in [-0.2, -0.15) is 0 Å². The summed E-state index contributed by atoms with van der Waals surface area (Å²) < 4.78 is 19.4. The van der Waals surface area contributed by atoms with Crippen molar-refractivity contribution < 1.29 is 23.2 Å². The maximum absolute atomic E-state index is 9.69. The molecule has 8 N–H and O–H groups in total. The Morgan fingerprint density at radius 3 is 0.818 bits per heavy atom. The molecule has 0 amide bonds. The van der Waals surface area contributed by atoms with E-state index >= 15 is 0 Å². The third-order valence-electron chi connectivity index (χ3n) is 0.333. The predicted octanol–water partition coefficient (Wildman–Crippen LogP) is -1.35. The van der Waals surface area contributed by atoms with Gasteiger partial charge in [-0.15, -0.1) is 0 Å². The molecule has 0 radical (unpaired) electrons. The molecule has 7 heteroatoms. The summed E-state index contributed by atoms with van der Waals surface area (Å²) in [5.41, 5.74) is 19.6. The Bertz CT molecular complexity index is 35.3. The molecule has 0 spiro atoms. The average molecular weight is 210 g/mol. The number of rotatable bonds is 2. The van der Waals surface area contributed by atoms with Gasteiger partial charge in [0.05, 0.1) is 0 Å². The fourth-order valence-electron chi connectivity index (χ4n) is 0. The van der Waals surface area contributed by atoms with E-state index in [1.807, 2.05) is 0 Å². The zero-order valence-corrected chi connectivity index (χ0v) is 7.58. The van der Waals surface area contributed by atoms with Gasteiger partial charge in [-0.25, -0.2) is 0 Å². The molecule has 11 heavy (non-hydrogen) atoms. The topological polar surface area (TPSA) is 104 Å². The van der Waals surface area contributed by atoms with Crippen LogP contribution in [0, 0.1) is 0 Å². The van der Waals surface area contributed by atoms with Gasteiger partial charge in [0.1, 0.15) is 0 Å². The van der Waals surface area contributed by atoms with Crippen LogP contribution < -0.4 is 22.9 Å². The van der Waals surface area contributed by atoms with Gasteiger partial charge < -0.3 is 22.9 Å². The van der Waals surface area contributed by atoms with Crippen molar-refractivity contribution in [2.75, 3.05) is 26.2 Å². The van der Waals surface area contributed by atoms with E-state index in [0.29, 0.717) is 26.2 Å². The van der Waals surface area contributed by atoms with Gasteiger partial charge in [0.25, 0.3) is 0 Å². The Labute approximate surface area is 72.9 Å². The molecule has 4 nitrogen and oxygen atoms in total. The first kappa shape index (κ1) is 17.4. The van der Waals surface area contributed by atoms with Crippen LogP contribution in [0.2, 0.25) is 0 Å². The Kier molecular flexibility index (Phi) is 50.3. The standard InChI is InChI=1S/2C2H8N2.Cr.2FH/c2*3-1-2-4;;;/h2*1-4H2;;2*1H/q;;+3;;/p-2. The van der Waals surface area contributed by atoms with E-state index in [1.54, 1.807) is 0 Å². The van der Waals surface area contributed by atoms with Crippen molar-refractivity contribution in [2.24, 2.45) is 22.9 Å². The van der Waals surface area contributed by atoms with E-state index in [-0.39, 0.29) is 0 Å². The summed E-state index contributed by atoms with van der Waals surface area (Å²) in [5, 5.41) is 0. The molecule has 0 atom stereocenters. The normalized spacial score (nSPS) is 6.73. The molecular weight excluding hydrogens is 194 g/mol. The van der Waals surface area contributed by atoms with Gasteiger partial charge in [-0.1, -0.05) is 0 Å². The van der Waals surface area contributed by atoms with Crippen molar-refractivity contribution in [3.63, 3.8) is 0 Å². The number of nitrogens with two attached hydrogens (primary N) is 4. The van der Waals surface area contributed by atoms with Gasteiger partial charge in [-0.05, 0) is 0 Å². The molecule has 0 fully saturated rings. The van der Waals surface area contributed by atoms with Crippen LogP contribution in [-0.2, 0) is 16.1 Å². The van der Waals surface area contributed by atoms with Crippen molar-refractivity contribution in [1.82, 2.24) is 0 Å². The molecular formula is C4H16CrF2N4+. The van der Waals surface area contributed by atoms with Gasteiger partial charge in [0.2, 0.25) is 0 Å². The predicted molar refractivity (Wildman–Crippen MR) is 38.4 cm³/mol. The van der Waals surface area contributed by atoms with Crippen LogP contribution in [0.5, 0.6) is 0 Å². The molecule has 0 aliphatic heterocycles. The summed E-state index contributed by atoms with van der Waals surface area (Å²) in [6.45, 7) is 2.39. The van der Waals surface area contributed by atoms with Crippen molar-refractivity contribution >= 4 is 0 Å². The van der Waals surface area contributed by atoms with Crippen molar-refractivity contribution in [3.05, 3.63) is 0 Å². The first-order valence-electron chi connectivity index (χ1n) is 2.94. The fourth-order valence-corrected chi connectivity index (χ4v) is 0. The van der Waals surface area contributed by atoms with E-state index < -0.39 is 16.1 Å². The van der Waals surface area contributed by atoms with Crippen LogP contribution in [-0.4, -0.2) is 26.2 Å². The van der Waals surface area contributed by atoms with Gasteiger partial charge in [0.15, 0.2) is 0 Å². The minimum atomic E-state index is -2.12. The Balaban J connectivity index is -0.0000000886. The van der Waals surface area contributed by atoms with Crippen molar-refractivity contribution in [3.8, 4) is 0 Å². The first-order chi connectivity index (χ1) is 5.24. The zero-order chi connectivity index (χ0) is 9.54. The summed E-state index contributed by atoms with van der Waals surface area (Å²) >= 11 is -2.12. The molecule has 0 bridgehead atoms. The number of hydrogen-bond acceptors (Lipinski definition) is 4. The molecule has 0 aromatic carbocycles. The Hall–Kier alpha value is 0.232. The monoisotopic (exact) mass is 210 g/mol. The number of hydrogen-bond donors (Lipinski definition) is 4. The second kappa shape index (κ2) is 31.9. The van der Waals surface area contributed by atoms with E-state index in [4.69, 9.17) is 22.9 Å². The van der Waals surface area contributed by atoms with Crippen LogP contribution in [0.3, 0.4) is 0 Å². The molecule has 0 aliphatic rings. The Morgan fingerprint density at radius 1 is 0.727 bits per heavy atom. The van der Waals surface area contributed by atoms with Gasteiger partial charge in [0, 0.05) is 26.2 Å². The van der Waals surface area contributed by atoms with Crippen LogP contribution in [0.4, 0.5) is 7.05 Å². The van der Waals surface area contributed by atoms with Gasteiger partial charge in [-0.3, -0.25) is 0 Å². The van der Waals surface area contributed by atoms with E-state index in [2.05, 4.69) is 0 Å². The Morgan fingerprint density at radius 2 is 0.818 bits per heavy atom. The molecule has 0 rings (SSSR count). The molecule has 0 aromatic heterocycles. The third-order valence-corrected chi connectivity index (χ3v) is 0.333. The van der Waals surface area contributed by atoms with Crippen LogP contribution in [0.15, 0.2) is 0 Å². The second-order valence-electron chi connectivity index (χ2n) is 1.21. The summed E-state index contributed by atoms with van der Waals surface area (Å²) in [4.78, 5) is 0. The quantitative estimate of drug-likeness (QED) is 0.452. The summed E-state index contributed by atoms with van der Waals surface area (Å²) in [6, 6.07) is 0. The van der Waals surface area contributed by atoms with Crippen LogP contribution in [0.25, 0.3) is 0 Å². The average Bonchev–Trinajstić information content (AvgIpc) is 2.06. The van der Waals surface area contributed by atoms with Crippen molar-refractivity contribution in [1.29, 1.82) is 0 Å². The second-order valence-corrected chi connectivity index (χ2v) is 1.40. The minimum absolute atomic E-state index is 0.597. The third kappa shape index (κ3) is 139. The molecule has 0 heterocycles. The van der Waals surface area contributed by atoms with Crippen LogP contribution in [0.1, 0.15) is 0 Å². The van der Waals surface area contributed by atoms with Crippen molar-refractivity contribution in [2.45, 2.75) is 0 Å². The zero-order valence-electron chi connectivity index (χ0n) is 6.30. The molecule has 0 aliphatic carbocycles. The number of halogens is 2.